The molecule has 0 amide bonds. The van der Waals surface area contributed by atoms with E-state index in [4.69, 9.17) is 0 Å². The molecule has 0 aliphatic carbocycles. The van der Waals surface area contributed by atoms with Crippen LogP contribution in [0.25, 0.3) is 10.8 Å². The Kier molecular flexibility index (Phi) is 2.37. The Morgan fingerprint density at radius 1 is 1.00 bits per heavy atom. The van der Waals surface area contributed by atoms with Crippen molar-refractivity contribution in [2.75, 3.05) is 0 Å². The molecular weight excluding hydrogens is 327 g/mol. The first-order valence-electron chi connectivity index (χ1n) is 3.62. The fraction of sp³-hybridized carbons (Fsp3) is 0. The van der Waals surface area contributed by atoms with E-state index in [1.165, 1.54) is 18.8 Å². The minimum Gasteiger partial charge on any atom is -0.0616 e. The molecule has 0 unspecified atom stereocenters. The minimum absolute atomic E-state index is 1.17. The molecule has 0 radical (unpaired) electrons. The third-order valence-electron chi connectivity index (χ3n) is 1.82. The van der Waals surface area contributed by atoms with Crippen LogP contribution in [0.5, 0.6) is 0 Å². The van der Waals surface area contributed by atoms with Gasteiger partial charge in [0.1, 0.15) is 0 Å². The van der Waals surface area contributed by atoms with Crippen LogP contribution in [0, 0.1) is 3.57 Å². The Morgan fingerprint density at radius 2 is 1.75 bits per heavy atom. The van der Waals surface area contributed by atoms with E-state index >= 15 is 0 Å². The smallest absolute Gasteiger partial charge is 0.0350 e. The molecule has 2 rings (SSSR count). The Bertz CT molecular complexity index is 423. The third kappa shape index (κ3) is 1.38. The molecule has 0 atom stereocenters. The van der Waals surface area contributed by atoms with Crippen LogP contribution in [0.3, 0.4) is 0 Å². The van der Waals surface area contributed by atoms with Gasteiger partial charge in [-0.1, -0.05) is 30.3 Å². The topological polar surface area (TPSA) is 0 Å². The van der Waals surface area contributed by atoms with Gasteiger partial charge in [0, 0.05) is 8.04 Å². The summed E-state index contributed by atoms with van der Waals surface area (Å²) in [5.74, 6) is 0. The Hall–Kier alpha value is -0.0900. The molecule has 0 fully saturated rings. The fourth-order valence-corrected chi connectivity index (χ4v) is 2.22. The molecule has 2 heteroatoms. The standard InChI is InChI=1S/C10H6BrI/c11-9-6-5-7-3-1-2-4-8(7)10(9)12/h1-6H. The van der Waals surface area contributed by atoms with E-state index in [0.29, 0.717) is 0 Å². The third-order valence-corrected chi connectivity index (χ3v) is 4.38. The van der Waals surface area contributed by atoms with Gasteiger partial charge in [-0.05, 0) is 55.4 Å². The predicted molar refractivity (Wildman–Crippen MR) is 64.4 cm³/mol. The number of hydrogen-bond donors (Lipinski definition) is 0. The predicted octanol–water partition coefficient (Wildman–Crippen LogP) is 4.21. The maximum atomic E-state index is 3.51. The SMILES string of the molecule is Brc1ccc2ccccc2c1I. The van der Waals surface area contributed by atoms with Gasteiger partial charge in [-0.2, -0.15) is 0 Å². The van der Waals surface area contributed by atoms with E-state index in [1.54, 1.807) is 0 Å². The van der Waals surface area contributed by atoms with Gasteiger partial charge in [-0.3, -0.25) is 0 Å². The van der Waals surface area contributed by atoms with Crippen molar-refractivity contribution in [1.82, 2.24) is 0 Å². The van der Waals surface area contributed by atoms with Gasteiger partial charge in [-0.15, -0.1) is 0 Å². The highest BCUT2D eigenvalue weighted by Crippen LogP contribution is 2.27. The van der Waals surface area contributed by atoms with Crippen LogP contribution >= 0.6 is 38.5 Å². The highest BCUT2D eigenvalue weighted by atomic mass is 127. The van der Waals surface area contributed by atoms with Gasteiger partial charge >= 0.3 is 0 Å². The Labute approximate surface area is 93.2 Å². The van der Waals surface area contributed by atoms with E-state index in [1.807, 2.05) is 0 Å². The average molecular weight is 333 g/mol. The van der Waals surface area contributed by atoms with Crippen molar-refractivity contribution in [3.05, 3.63) is 44.4 Å². The lowest BCUT2D eigenvalue weighted by Gasteiger charge is -2.01. The number of fused-ring (bicyclic) bond motifs is 1. The highest BCUT2D eigenvalue weighted by Gasteiger charge is 2.00. The van der Waals surface area contributed by atoms with Crippen LogP contribution in [0.4, 0.5) is 0 Å². The lowest BCUT2D eigenvalue weighted by Crippen LogP contribution is -1.78. The van der Waals surface area contributed by atoms with Crippen molar-refractivity contribution >= 4 is 49.3 Å². The number of benzene rings is 2. The van der Waals surface area contributed by atoms with Crippen molar-refractivity contribution < 1.29 is 0 Å². The molecule has 0 saturated carbocycles. The molecular formula is C10H6BrI. The monoisotopic (exact) mass is 332 g/mol. The summed E-state index contributed by atoms with van der Waals surface area (Å²) in [6, 6.07) is 12.6. The van der Waals surface area contributed by atoms with Gasteiger partial charge in [0.2, 0.25) is 0 Å². The van der Waals surface area contributed by atoms with Crippen LogP contribution in [0.1, 0.15) is 0 Å². The van der Waals surface area contributed by atoms with Crippen molar-refractivity contribution in [3.63, 3.8) is 0 Å². The maximum Gasteiger partial charge on any atom is 0.0350 e. The zero-order valence-corrected chi connectivity index (χ0v) is 9.96. The van der Waals surface area contributed by atoms with Crippen LogP contribution < -0.4 is 0 Å². The molecule has 60 valence electrons. The first-order chi connectivity index (χ1) is 5.79. The summed E-state index contributed by atoms with van der Waals surface area (Å²) in [5, 5.41) is 2.61. The van der Waals surface area contributed by atoms with Gasteiger partial charge < -0.3 is 0 Å². The summed E-state index contributed by atoms with van der Waals surface area (Å²) >= 11 is 5.86. The van der Waals surface area contributed by atoms with E-state index in [-0.39, 0.29) is 0 Å². The second-order valence-electron chi connectivity index (χ2n) is 2.58. The molecule has 0 bridgehead atoms. The Balaban J connectivity index is 2.91. The molecule has 2 aromatic carbocycles. The number of rotatable bonds is 0. The second kappa shape index (κ2) is 3.34. The van der Waals surface area contributed by atoms with E-state index in [9.17, 15) is 0 Å². The lowest BCUT2D eigenvalue weighted by molar-refractivity contribution is 1.65. The summed E-state index contributed by atoms with van der Waals surface area (Å²) < 4.78 is 2.45. The molecule has 0 spiro atoms. The minimum atomic E-state index is 1.17. The molecule has 0 aliphatic rings. The first-order valence-corrected chi connectivity index (χ1v) is 5.49. The number of halogens is 2. The van der Waals surface area contributed by atoms with Crippen LogP contribution in [0.15, 0.2) is 40.9 Å². The fourth-order valence-electron chi connectivity index (χ4n) is 1.21. The van der Waals surface area contributed by atoms with Crippen molar-refractivity contribution in [2.24, 2.45) is 0 Å². The summed E-state index contributed by atoms with van der Waals surface area (Å²) in [4.78, 5) is 0. The van der Waals surface area contributed by atoms with E-state index < -0.39 is 0 Å². The normalized spacial score (nSPS) is 10.5. The van der Waals surface area contributed by atoms with Crippen molar-refractivity contribution in [3.8, 4) is 0 Å². The van der Waals surface area contributed by atoms with Gasteiger partial charge in [0.05, 0.1) is 0 Å². The second-order valence-corrected chi connectivity index (χ2v) is 4.52. The summed E-state index contributed by atoms with van der Waals surface area (Å²) in [5.41, 5.74) is 0. The zero-order valence-electron chi connectivity index (χ0n) is 6.22. The molecule has 0 N–H and O–H groups in total. The highest BCUT2D eigenvalue weighted by molar-refractivity contribution is 14.1. The molecule has 0 nitrogen and oxygen atoms in total. The summed E-state index contributed by atoms with van der Waals surface area (Å²) in [6.45, 7) is 0. The molecule has 0 aliphatic heterocycles. The largest absolute Gasteiger partial charge is 0.0616 e. The molecule has 0 aromatic heterocycles. The average Bonchev–Trinajstić information content (AvgIpc) is 2.12. The van der Waals surface area contributed by atoms with E-state index in [2.05, 4.69) is 74.9 Å². The van der Waals surface area contributed by atoms with E-state index in [0.717, 1.165) is 0 Å². The molecule has 0 heterocycles. The lowest BCUT2D eigenvalue weighted by atomic mass is 10.1. The van der Waals surface area contributed by atoms with Crippen molar-refractivity contribution in [2.45, 2.75) is 0 Å². The van der Waals surface area contributed by atoms with Gasteiger partial charge in [0.15, 0.2) is 0 Å². The van der Waals surface area contributed by atoms with Gasteiger partial charge in [0.25, 0.3) is 0 Å². The molecule has 12 heavy (non-hydrogen) atoms. The quantitative estimate of drug-likeness (QED) is 0.634. The van der Waals surface area contributed by atoms with Crippen molar-refractivity contribution in [1.29, 1.82) is 0 Å². The first kappa shape index (κ1) is 8.51. The summed E-state index contributed by atoms with van der Waals surface area (Å²) in [7, 11) is 0. The van der Waals surface area contributed by atoms with Crippen LogP contribution in [-0.4, -0.2) is 0 Å². The summed E-state index contributed by atoms with van der Waals surface area (Å²) in [6.07, 6.45) is 0. The molecule has 0 saturated heterocycles. The van der Waals surface area contributed by atoms with Crippen LogP contribution in [-0.2, 0) is 0 Å². The Morgan fingerprint density at radius 3 is 2.58 bits per heavy atom. The maximum absolute atomic E-state index is 3.51. The van der Waals surface area contributed by atoms with Crippen LogP contribution in [0.2, 0.25) is 0 Å². The zero-order chi connectivity index (χ0) is 8.55. The van der Waals surface area contributed by atoms with Gasteiger partial charge in [-0.25, -0.2) is 0 Å². The molecule has 2 aromatic rings. The number of hydrogen-bond acceptors (Lipinski definition) is 0.